The monoisotopic (exact) mass is 937 g/mol. The molecule has 4 heterocycles. The molecule has 68 heavy (non-hydrogen) atoms. The van der Waals surface area contributed by atoms with Crippen molar-refractivity contribution in [1.29, 1.82) is 0 Å². The van der Waals surface area contributed by atoms with Gasteiger partial charge in [-0.1, -0.05) is 50.3 Å². The standard InChI is InChI=1S/C49H63N9O10/c1-27-22-34-40(52-16-17-57-18-20-58(21-19-57)47(64)32-13-10-31(11-14-32)12-15-33-26-53-44-39(33)46(63)56-48(50)55-44)36(59)25-35(42(34)61)54-45(62)28(2)8-7-9-37(66-5)43(68-49(51)65)30(4)24-29(3)41(60)38(23-27)67-6/h7-11,13-14,24-27,29,37-38,41,43,52,60H,12,15-23H2,1-6H3,(H2,51,65)(H,54,62)(H4,50,53,55,56,63). The molecule has 6 atom stereocenters. The lowest BCUT2D eigenvalue weighted by atomic mass is 9.85. The second kappa shape index (κ2) is 22.9. The van der Waals surface area contributed by atoms with Crippen LogP contribution in [0.5, 0.6) is 0 Å². The molecule has 6 rings (SSSR count). The second-order valence-corrected chi connectivity index (χ2v) is 17.7. The van der Waals surface area contributed by atoms with Gasteiger partial charge >= 0.3 is 6.09 Å². The van der Waals surface area contributed by atoms with Crippen molar-refractivity contribution in [2.24, 2.45) is 17.6 Å². The SMILES string of the molecule is COC1C=CC=C(C)C(=O)NC2=CC(=O)C(NCCN3CCN(C(=O)c4ccc(CCc5c[nH]c6nc(N)[nH]c(=O)c56)cc4)CC3)=C(CC(C)CC(OC)C(O)C(C)C=C(C)C1OC(N)=O)C2=O. The Labute approximate surface area is 394 Å². The summed E-state index contributed by atoms with van der Waals surface area (Å²) >= 11 is 0. The third kappa shape index (κ3) is 12.5. The molecule has 2 aliphatic heterocycles. The molecular formula is C49H63N9O10. The van der Waals surface area contributed by atoms with E-state index in [0.29, 0.717) is 80.7 Å². The lowest BCUT2D eigenvalue weighted by Gasteiger charge is -2.35. The number of rotatable bonds is 11. The molecule has 1 aromatic carbocycles. The molecule has 1 aliphatic carbocycles. The minimum atomic E-state index is -1.02. The van der Waals surface area contributed by atoms with E-state index in [1.54, 1.807) is 45.2 Å². The van der Waals surface area contributed by atoms with E-state index in [1.807, 2.05) is 36.1 Å². The summed E-state index contributed by atoms with van der Waals surface area (Å²) < 4.78 is 16.8. The Morgan fingerprint density at radius 2 is 1.72 bits per heavy atom. The zero-order chi connectivity index (χ0) is 49.2. The maximum absolute atomic E-state index is 14.2. The molecule has 0 saturated carbocycles. The van der Waals surface area contributed by atoms with E-state index in [1.165, 1.54) is 20.3 Å². The van der Waals surface area contributed by atoms with E-state index in [-0.39, 0.29) is 52.3 Å². The molecule has 3 amide bonds. The molecule has 0 radical (unpaired) electrons. The topological polar surface area (TPSA) is 277 Å². The van der Waals surface area contributed by atoms with Gasteiger partial charge in [-0.05, 0) is 74.3 Å². The fourth-order valence-electron chi connectivity index (χ4n) is 8.89. The van der Waals surface area contributed by atoms with Gasteiger partial charge in [-0.15, -0.1) is 0 Å². The van der Waals surface area contributed by atoms with Gasteiger partial charge in [0.2, 0.25) is 17.5 Å². The number of hydrogen-bond donors (Lipinski definition) is 7. The summed E-state index contributed by atoms with van der Waals surface area (Å²) in [6, 6.07) is 7.49. The number of benzene rings is 1. The number of aliphatic hydroxyl groups excluding tert-OH is 1. The Balaban J connectivity index is 1.09. The number of fused-ring (bicyclic) bond motifs is 3. The highest BCUT2D eigenvalue weighted by Gasteiger charge is 2.34. The van der Waals surface area contributed by atoms with E-state index in [0.717, 1.165) is 17.2 Å². The summed E-state index contributed by atoms with van der Waals surface area (Å²) in [5, 5.41) is 17.9. The summed E-state index contributed by atoms with van der Waals surface area (Å²) in [6.07, 6.45) is 6.50. The molecule has 9 N–H and O–H groups in total. The number of methoxy groups -OCH3 is 2. The number of aryl methyl sites for hydroxylation is 2. The highest BCUT2D eigenvalue weighted by atomic mass is 16.6. The molecule has 3 aromatic rings. The van der Waals surface area contributed by atoms with Gasteiger partial charge < -0.3 is 51.3 Å². The smallest absolute Gasteiger partial charge is 0.405 e. The van der Waals surface area contributed by atoms with Crippen LogP contribution < -0.4 is 27.7 Å². The van der Waals surface area contributed by atoms with Crippen LogP contribution in [0.1, 0.15) is 62.0 Å². The van der Waals surface area contributed by atoms with E-state index in [2.05, 4.69) is 30.5 Å². The summed E-state index contributed by atoms with van der Waals surface area (Å²) in [5.74, 6) is -2.36. The number of ether oxygens (including phenoxy) is 3. The summed E-state index contributed by atoms with van der Waals surface area (Å²) in [5.41, 5.74) is 14.6. The van der Waals surface area contributed by atoms with Crippen molar-refractivity contribution < 1.29 is 43.3 Å². The molecule has 1 saturated heterocycles. The van der Waals surface area contributed by atoms with Crippen LogP contribution in [-0.4, -0.2) is 137 Å². The molecule has 1 fully saturated rings. The quantitative estimate of drug-likeness (QED) is 0.108. The van der Waals surface area contributed by atoms with Crippen LogP contribution in [-0.2, 0) is 41.4 Å². The van der Waals surface area contributed by atoms with Crippen LogP contribution in [0.15, 0.2) is 93.8 Å². The molecule has 2 aromatic heterocycles. The number of piperazine rings is 1. The maximum Gasteiger partial charge on any atom is 0.405 e. The summed E-state index contributed by atoms with van der Waals surface area (Å²) in [7, 11) is 2.92. The first-order valence-electron chi connectivity index (χ1n) is 22.8. The van der Waals surface area contributed by atoms with Crippen molar-refractivity contribution in [3.63, 3.8) is 0 Å². The minimum Gasteiger partial charge on any atom is -0.439 e. The molecular weight excluding hydrogens is 875 g/mol. The number of anilines is 1. The van der Waals surface area contributed by atoms with E-state index in [9.17, 15) is 33.9 Å². The Morgan fingerprint density at radius 1 is 1.00 bits per heavy atom. The molecule has 0 spiro atoms. The van der Waals surface area contributed by atoms with Gasteiger partial charge in [0.1, 0.15) is 11.8 Å². The third-order valence-corrected chi connectivity index (χ3v) is 12.7. The van der Waals surface area contributed by atoms with Gasteiger partial charge in [-0.3, -0.25) is 33.9 Å². The largest absolute Gasteiger partial charge is 0.439 e. The van der Waals surface area contributed by atoms with Crippen LogP contribution >= 0.6 is 0 Å². The van der Waals surface area contributed by atoms with Crippen LogP contribution in [0.3, 0.4) is 0 Å². The lowest BCUT2D eigenvalue weighted by molar-refractivity contribution is -0.120. The Morgan fingerprint density at radius 3 is 2.40 bits per heavy atom. The van der Waals surface area contributed by atoms with Gasteiger partial charge in [0.25, 0.3) is 17.4 Å². The maximum atomic E-state index is 14.2. The summed E-state index contributed by atoms with van der Waals surface area (Å²) in [4.78, 5) is 92.9. The van der Waals surface area contributed by atoms with Crippen LogP contribution in [0, 0.1) is 11.8 Å². The summed E-state index contributed by atoms with van der Waals surface area (Å²) in [6.45, 7) is 10.0. The number of nitrogens with one attached hydrogen (secondary N) is 4. The average Bonchev–Trinajstić information content (AvgIpc) is 3.73. The highest BCUT2D eigenvalue weighted by Crippen LogP contribution is 2.29. The molecule has 3 aliphatic rings. The average molecular weight is 938 g/mol. The number of hydrogen-bond acceptors (Lipinski definition) is 14. The predicted octanol–water partition coefficient (Wildman–Crippen LogP) is 2.74. The first-order valence-corrected chi connectivity index (χ1v) is 22.8. The number of aromatic nitrogens is 3. The van der Waals surface area contributed by atoms with Crippen molar-refractivity contribution in [2.45, 2.75) is 77.8 Å². The fourth-order valence-corrected chi connectivity index (χ4v) is 8.89. The number of Topliss-reactive ketones (excluding diaryl/α,β-unsaturated/α-hetero) is 1. The zero-order valence-electron chi connectivity index (χ0n) is 39.4. The van der Waals surface area contributed by atoms with Crippen molar-refractivity contribution in [1.82, 2.24) is 35.4 Å². The number of nitrogen functional groups attached to an aromatic ring is 1. The van der Waals surface area contributed by atoms with E-state index >= 15 is 0 Å². The number of amides is 3. The number of primary amides is 1. The Kier molecular flexibility index (Phi) is 17.1. The number of carbonyl (C=O) groups is 5. The van der Waals surface area contributed by atoms with Crippen LogP contribution in [0.25, 0.3) is 11.0 Å². The van der Waals surface area contributed by atoms with Crippen LogP contribution in [0.2, 0.25) is 0 Å². The van der Waals surface area contributed by atoms with Crippen molar-refractivity contribution >= 4 is 46.5 Å². The third-order valence-electron chi connectivity index (χ3n) is 12.7. The van der Waals surface area contributed by atoms with Crippen molar-refractivity contribution in [3.8, 4) is 0 Å². The van der Waals surface area contributed by atoms with Crippen LogP contribution in [0.4, 0.5) is 10.7 Å². The lowest BCUT2D eigenvalue weighted by Crippen LogP contribution is -2.50. The normalized spacial score (nSPS) is 23.8. The van der Waals surface area contributed by atoms with Gasteiger partial charge in [0.05, 0.1) is 29.0 Å². The molecule has 6 unspecified atom stereocenters. The van der Waals surface area contributed by atoms with Gasteiger partial charge in [0.15, 0.2) is 6.10 Å². The Hall–Kier alpha value is -6.67. The number of carbonyl (C=O) groups excluding carboxylic acids is 5. The Bertz CT molecular complexity index is 2580. The van der Waals surface area contributed by atoms with Gasteiger partial charge in [-0.25, -0.2) is 4.79 Å². The zero-order valence-corrected chi connectivity index (χ0v) is 39.4. The number of H-pyrrole nitrogens is 2. The first-order chi connectivity index (χ1) is 32.5. The fraction of sp³-hybridized carbons (Fsp3) is 0.449. The molecule has 2 bridgehead atoms. The van der Waals surface area contributed by atoms with Gasteiger partial charge in [-0.2, -0.15) is 4.98 Å². The van der Waals surface area contributed by atoms with E-state index < -0.39 is 53.9 Å². The number of ketones is 2. The van der Waals surface area contributed by atoms with Crippen molar-refractivity contribution in [3.05, 3.63) is 116 Å². The molecule has 19 heteroatoms. The predicted molar refractivity (Wildman–Crippen MR) is 255 cm³/mol. The molecule has 364 valence electrons. The number of nitrogens with two attached hydrogens (primary N) is 2. The highest BCUT2D eigenvalue weighted by molar-refractivity contribution is 6.23. The molecule has 19 nitrogen and oxygen atoms in total. The number of nitrogens with zero attached hydrogens (tertiary/aromatic N) is 3. The van der Waals surface area contributed by atoms with E-state index in [4.69, 9.17) is 25.7 Å². The number of aliphatic hydroxyl groups is 1. The second-order valence-electron chi connectivity index (χ2n) is 17.7. The van der Waals surface area contributed by atoms with Crippen molar-refractivity contribution in [2.75, 3.05) is 59.2 Å². The number of aromatic amines is 2. The minimum absolute atomic E-state index is 0.0517. The van der Waals surface area contributed by atoms with Gasteiger partial charge in [0, 0.05) is 88.4 Å². The number of allylic oxidation sites excluding steroid dienone is 4. The first kappa shape index (κ1) is 50.7.